The maximum Gasteiger partial charge on any atom is 0.0468 e. The maximum absolute atomic E-state index is 6.29. The lowest BCUT2D eigenvalue weighted by molar-refractivity contribution is 0.575. The molecule has 3 heteroatoms. The van der Waals surface area contributed by atoms with Gasteiger partial charge in [0, 0.05) is 28.2 Å². The van der Waals surface area contributed by atoms with E-state index in [1.54, 1.807) is 0 Å². The van der Waals surface area contributed by atoms with Gasteiger partial charge in [-0.2, -0.15) is 0 Å². The predicted octanol–water partition coefficient (Wildman–Crippen LogP) is 6.51. The van der Waals surface area contributed by atoms with Gasteiger partial charge in [0.2, 0.25) is 0 Å². The molecule has 1 N–H and O–H groups in total. The third kappa shape index (κ3) is 3.99. The molecule has 122 valence electrons. The number of hydrogen-bond donors (Lipinski definition) is 1. The molecule has 3 rings (SSSR count). The smallest absolute Gasteiger partial charge is 0.0468 e. The topological polar surface area (TPSA) is 12.0 Å². The summed E-state index contributed by atoms with van der Waals surface area (Å²) in [4.78, 5) is 0. The molecule has 0 aliphatic heterocycles. The lowest BCUT2D eigenvalue weighted by Crippen LogP contribution is -2.18. The van der Waals surface area contributed by atoms with E-state index in [1.165, 1.54) is 16.7 Å². The highest BCUT2D eigenvalue weighted by molar-refractivity contribution is 6.36. The van der Waals surface area contributed by atoms with Crippen LogP contribution >= 0.6 is 23.2 Å². The monoisotopic (exact) mass is 355 g/mol. The van der Waals surface area contributed by atoms with Crippen LogP contribution in [0.2, 0.25) is 10.0 Å². The van der Waals surface area contributed by atoms with Crippen molar-refractivity contribution in [2.24, 2.45) is 0 Å². The van der Waals surface area contributed by atoms with Gasteiger partial charge in [-0.1, -0.05) is 77.8 Å². The van der Waals surface area contributed by atoms with E-state index in [4.69, 9.17) is 23.2 Å². The fourth-order valence-corrected chi connectivity index (χ4v) is 3.51. The summed E-state index contributed by atoms with van der Waals surface area (Å²) in [7, 11) is 0. The van der Waals surface area contributed by atoms with Crippen molar-refractivity contribution >= 4 is 23.2 Å². The molecule has 3 aromatic rings. The van der Waals surface area contributed by atoms with Gasteiger partial charge in [0.1, 0.15) is 0 Å². The average Bonchev–Trinajstić information content (AvgIpc) is 2.61. The number of rotatable bonds is 5. The second kappa shape index (κ2) is 7.85. The largest absolute Gasteiger partial charge is 0.306 e. The van der Waals surface area contributed by atoms with Gasteiger partial charge in [-0.05, 0) is 41.8 Å². The Labute approximate surface area is 153 Å². The van der Waals surface area contributed by atoms with Crippen molar-refractivity contribution in [2.75, 3.05) is 0 Å². The lowest BCUT2D eigenvalue weighted by Gasteiger charge is -2.17. The normalized spacial score (nSPS) is 12.1. The SMILES string of the molecule is CC(NCc1cccc(-c2ccccc2)c1)c1c(Cl)cccc1Cl. The van der Waals surface area contributed by atoms with Crippen molar-refractivity contribution < 1.29 is 0 Å². The van der Waals surface area contributed by atoms with Gasteiger partial charge >= 0.3 is 0 Å². The van der Waals surface area contributed by atoms with Crippen LogP contribution in [0.5, 0.6) is 0 Å². The van der Waals surface area contributed by atoms with E-state index in [0.29, 0.717) is 10.0 Å². The first-order valence-corrected chi connectivity index (χ1v) is 8.72. The zero-order valence-electron chi connectivity index (χ0n) is 13.5. The summed E-state index contributed by atoms with van der Waals surface area (Å²) in [6, 6.07) is 24.6. The van der Waals surface area contributed by atoms with E-state index in [-0.39, 0.29) is 6.04 Å². The van der Waals surface area contributed by atoms with E-state index in [1.807, 2.05) is 24.3 Å². The molecule has 0 heterocycles. The molecule has 0 aliphatic rings. The molecule has 0 saturated carbocycles. The average molecular weight is 356 g/mol. The molecule has 3 aromatic carbocycles. The quantitative estimate of drug-likeness (QED) is 0.549. The number of benzene rings is 3. The summed E-state index contributed by atoms with van der Waals surface area (Å²) in [5.41, 5.74) is 4.62. The van der Waals surface area contributed by atoms with Gasteiger partial charge in [-0.25, -0.2) is 0 Å². The predicted molar refractivity (Wildman–Crippen MR) is 104 cm³/mol. The maximum atomic E-state index is 6.29. The van der Waals surface area contributed by atoms with Crippen LogP contribution in [-0.2, 0) is 6.54 Å². The van der Waals surface area contributed by atoms with Crippen LogP contribution in [0.4, 0.5) is 0 Å². The Hall–Kier alpha value is -1.80. The molecule has 0 amide bonds. The Morgan fingerprint density at radius 2 is 1.42 bits per heavy atom. The fourth-order valence-electron chi connectivity index (χ4n) is 2.79. The highest BCUT2D eigenvalue weighted by Crippen LogP contribution is 2.30. The molecule has 1 atom stereocenters. The highest BCUT2D eigenvalue weighted by atomic mass is 35.5. The molecule has 0 spiro atoms. The second-order valence-electron chi connectivity index (χ2n) is 5.80. The number of halogens is 2. The zero-order chi connectivity index (χ0) is 16.9. The van der Waals surface area contributed by atoms with Gasteiger partial charge in [0.15, 0.2) is 0 Å². The van der Waals surface area contributed by atoms with E-state index < -0.39 is 0 Å². The van der Waals surface area contributed by atoms with E-state index in [2.05, 4.69) is 60.8 Å². The molecule has 0 aromatic heterocycles. The molecule has 0 radical (unpaired) electrons. The summed E-state index contributed by atoms with van der Waals surface area (Å²) in [5, 5.41) is 4.90. The minimum atomic E-state index is 0.0755. The van der Waals surface area contributed by atoms with Crippen molar-refractivity contribution in [3.05, 3.63) is 94.0 Å². The number of hydrogen-bond acceptors (Lipinski definition) is 1. The third-order valence-corrected chi connectivity index (χ3v) is 4.74. The van der Waals surface area contributed by atoms with Gasteiger partial charge in [0.25, 0.3) is 0 Å². The lowest BCUT2D eigenvalue weighted by atomic mass is 10.0. The van der Waals surface area contributed by atoms with Gasteiger partial charge in [-0.3, -0.25) is 0 Å². The second-order valence-corrected chi connectivity index (χ2v) is 6.62. The van der Waals surface area contributed by atoms with Crippen molar-refractivity contribution in [1.82, 2.24) is 5.32 Å². The van der Waals surface area contributed by atoms with Crippen molar-refractivity contribution in [3.63, 3.8) is 0 Å². The summed E-state index contributed by atoms with van der Waals surface area (Å²) in [6.07, 6.45) is 0. The highest BCUT2D eigenvalue weighted by Gasteiger charge is 2.13. The molecule has 1 unspecified atom stereocenters. The Morgan fingerprint density at radius 1 is 0.792 bits per heavy atom. The molecule has 0 saturated heterocycles. The van der Waals surface area contributed by atoms with Crippen LogP contribution in [-0.4, -0.2) is 0 Å². The number of nitrogens with one attached hydrogen (secondary N) is 1. The minimum Gasteiger partial charge on any atom is -0.306 e. The van der Waals surface area contributed by atoms with E-state index in [0.717, 1.165) is 12.1 Å². The third-order valence-electron chi connectivity index (χ3n) is 4.08. The van der Waals surface area contributed by atoms with Crippen LogP contribution in [0.1, 0.15) is 24.1 Å². The van der Waals surface area contributed by atoms with Crippen LogP contribution in [0, 0.1) is 0 Å². The molecule has 24 heavy (non-hydrogen) atoms. The standard InChI is InChI=1S/C21H19Cl2N/c1-15(21-19(22)11-6-12-20(21)23)24-14-16-7-5-10-18(13-16)17-8-3-2-4-9-17/h2-13,15,24H,14H2,1H3. The van der Waals surface area contributed by atoms with Crippen molar-refractivity contribution in [3.8, 4) is 11.1 Å². The molecule has 0 fully saturated rings. The van der Waals surface area contributed by atoms with Crippen LogP contribution in [0.25, 0.3) is 11.1 Å². The first kappa shape index (κ1) is 17.0. The molecular formula is C21H19Cl2N. The Balaban J connectivity index is 1.73. The van der Waals surface area contributed by atoms with E-state index in [9.17, 15) is 0 Å². The van der Waals surface area contributed by atoms with E-state index >= 15 is 0 Å². The first-order valence-electron chi connectivity index (χ1n) is 7.97. The summed E-state index contributed by atoms with van der Waals surface area (Å²) in [6.45, 7) is 2.83. The Bertz CT molecular complexity index is 795. The van der Waals surface area contributed by atoms with Crippen LogP contribution < -0.4 is 5.32 Å². The molecular weight excluding hydrogens is 337 g/mol. The van der Waals surface area contributed by atoms with Crippen molar-refractivity contribution in [1.29, 1.82) is 0 Å². The van der Waals surface area contributed by atoms with Gasteiger partial charge < -0.3 is 5.32 Å². The van der Waals surface area contributed by atoms with Crippen LogP contribution in [0.15, 0.2) is 72.8 Å². The Morgan fingerprint density at radius 3 is 2.12 bits per heavy atom. The van der Waals surface area contributed by atoms with Crippen molar-refractivity contribution in [2.45, 2.75) is 19.5 Å². The zero-order valence-corrected chi connectivity index (χ0v) is 15.0. The molecule has 1 nitrogen and oxygen atoms in total. The first-order chi connectivity index (χ1) is 11.6. The van der Waals surface area contributed by atoms with Gasteiger partial charge in [-0.15, -0.1) is 0 Å². The van der Waals surface area contributed by atoms with Gasteiger partial charge in [0.05, 0.1) is 0 Å². The van der Waals surface area contributed by atoms with Crippen LogP contribution in [0.3, 0.4) is 0 Å². The summed E-state index contributed by atoms with van der Waals surface area (Å²) >= 11 is 12.6. The fraction of sp³-hybridized carbons (Fsp3) is 0.143. The summed E-state index contributed by atoms with van der Waals surface area (Å²) < 4.78 is 0. The Kier molecular flexibility index (Phi) is 5.57. The minimum absolute atomic E-state index is 0.0755. The molecule has 0 aliphatic carbocycles. The summed E-state index contributed by atoms with van der Waals surface area (Å²) in [5.74, 6) is 0. The molecule has 0 bridgehead atoms.